The van der Waals surface area contributed by atoms with Crippen LogP contribution in [0, 0.1) is 0 Å². The standard InChI is InChI=1S/C28H20Cl2N2O4/c1-2-13-32-26(34)25-23(24(33)18-14-17(29)11-12-22(18)36-25)28(32)19-8-4-6-10-21(19)31(27(28)35)15-16-7-3-5-9-20(16)30/h3-12,14H,2,13,15H2,1H3. The fraction of sp³-hybridized carbons (Fsp3) is 0.179. The number of para-hydroxylation sites is 1. The van der Waals surface area contributed by atoms with Gasteiger partial charge in [-0.15, -0.1) is 0 Å². The van der Waals surface area contributed by atoms with Crippen LogP contribution >= 0.6 is 23.2 Å². The summed E-state index contributed by atoms with van der Waals surface area (Å²) in [5, 5.41) is 1.11. The lowest BCUT2D eigenvalue weighted by Gasteiger charge is -2.34. The smallest absolute Gasteiger partial charge is 0.291 e. The summed E-state index contributed by atoms with van der Waals surface area (Å²) in [5.74, 6) is -0.979. The summed E-state index contributed by atoms with van der Waals surface area (Å²) in [6, 6.07) is 19.2. The Morgan fingerprint density at radius 1 is 0.944 bits per heavy atom. The molecule has 6 nitrogen and oxygen atoms in total. The van der Waals surface area contributed by atoms with Crippen molar-refractivity contribution in [1.29, 1.82) is 0 Å². The number of fused-ring (bicyclic) bond motifs is 5. The molecule has 36 heavy (non-hydrogen) atoms. The first-order valence-corrected chi connectivity index (χ1v) is 12.4. The van der Waals surface area contributed by atoms with Gasteiger partial charge in [0.15, 0.2) is 11.0 Å². The average molecular weight is 519 g/mol. The molecular formula is C28H20Cl2N2O4. The Morgan fingerprint density at radius 2 is 1.69 bits per heavy atom. The molecule has 6 rings (SSSR count). The van der Waals surface area contributed by atoms with Crippen molar-refractivity contribution in [2.24, 2.45) is 0 Å². The van der Waals surface area contributed by atoms with Crippen molar-refractivity contribution in [2.45, 2.75) is 25.4 Å². The summed E-state index contributed by atoms with van der Waals surface area (Å²) in [6.07, 6.45) is 0.584. The van der Waals surface area contributed by atoms with Crippen LogP contribution in [0.3, 0.4) is 0 Å². The fourth-order valence-electron chi connectivity index (χ4n) is 5.44. The molecule has 1 atom stereocenters. The fourth-order valence-corrected chi connectivity index (χ4v) is 5.81. The highest BCUT2D eigenvalue weighted by Gasteiger charge is 2.64. The molecule has 8 heteroatoms. The maximum absolute atomic E-state index is 14.5. The van der Waals surface area contributed by atoms with E-state index in [1.807, 2.05) is 37.3 Å². The van der Waals surface area contributed by atoms with Crippen molar-refractivity contribution in [3.05, 3.63) is 109 Å². The van der Waals surface area contributed by atoms with Gasteiger partial charge in [-0.05, 0) is 42.3 Å². The van der Waals surface area contributed by atoms with Gasteiger partial charge >= 0.3 is 0 Å². The van der Waals surface area contributed by atoms with Gasteiger partial charge in [0.05, 0.1) is 23.2 Å². The van der Waals surface area contributed by atoms with Gasteiger partial charge in [0.25, 0.3) is 11.8 Å². The summed E-state index contributed by atoms with van der Waals surface area (Å²) in [4.78, 5) is 45.4. The van der Waals surface area contributed by atoms with Gasteiger partial charge in [-0.3, -0.25) is 14.4 Å². The van der Waals surface area contributed by atoms with Crippen LogP contribution in [-0.4, -0.2) is 23.3 Å². The van der Waals surface area contributed by atoms with Gasteiger partial charge in [-0.1, -0.05) is 66.5 Å². The van der Waals surface area contributed by atoms with Crippen LogP contribution in [0.2, 0.25) is 10.0 Å². The Kier molecular flexibility index (Phi) is 5.21. The lowest BCUT2D eigenvalue weighted by atomic mass is 9.84. The molecule has 3 heterocycles. The second kappa shape index (κ2) is 8.22. The number of halogens is 2. The van der Waals surface area contributed by atoms with Crippen molar-refractivity contribution in [2.75, 3.05) is 11.4 Å². The minimum Gasteiger partial charge on any atom is -0.450 e. The third-order valence-corrected chi connectivity index (χ3v) is 7.54. The molecule has 0 radical (unpaired) electrons. The van der Waals surface area contributed by atoms with Crippen LogP contribution in [-0.2, 0) is 16.9 Å². The van der Waals surface area contributed by atoms with Crippen LogP contribution in [0.4, 0.5) is 5.69 Å². The van der Waals surface area contributed by atoms with E-state index in [4.69, 9.17) is 27.6 Å². The normalized spacial score (nSPS) is 18.4. The number of carbonyl (C=O) groups excluding carboxylic acids is 2. The number of benzene rings is 3. The number of anilines is 1. The molecule has 180 valence electrons. The SMILES string of the molecule is CCCN1C(=O)c2oc3ccc(Cl)cc3c(=O)c2C12C(=O)N(Cc1ccccc1Cl)c1ccccc12. The van der Waals surface area contributed by atoms with Crippen molar-refractivity contribution >= 4 is 51.7 Å². The zero-order valence-corrected chi connectivity index (χ0v) is 20.8. The van der Waals surface area contributed by atoms with Crippen LogP contribution in [0.25, 0.3) is 11.0 Å². The molecule has 1 unspecified atom stereocenters. The van der Waals surface area contributed by atoms with Crippen LogP contribution in [0.1, 0.15) is 40.6 Å². The quantitative estimate of drug-likeness (QED) is 0.344. The Labute approximate surface area is 216 Å². The Bertz CT molecular complexity index is 1650. The molecule has 2 aliphatic rings. The van der Waals surface area contributed by atoms with Crippen LogP contribution in [0.5, 0.6) is 0 Å². The van der Waals surface area contributed by atoms with Gasteiger partial charge < -0.3 is 14.2 Å². The highest BCUT2D eigenvalue weighted by molar-refractivity contribution is 6.31. The molecule has 0 saturated carbocycles. The molecular weight excluding hydrogens is 499 g/mol. The summed E-state index contributed by atoms with van der Waals surface area (Å²) < 4.78 is 6.01. The van der Waals surface area contributed by atoms with E-state index < -0.39 is 22.8 Å². The Hall–Kier alpha value is -3.61. The molecule has 0 N–H and O–H groups in total. The first-order valence-electron chi connectivity index (χ1n) is 11.6. The topological polar surface area (TPSA) is 70.8 Å². The average Bonchev–Trinajstić information content (AvgIpc) is 3.26. The number of nitrogens with zero attached hydrogens (tertiary/aromatic N) is 2. The molecule has 0 saturated heterocycles. The zero-order chi connectivity index (χ0) is 25.2. The van der Waals surface area contributed by atoms with Crippen LogP contribution < -0.4 is 10.3 Å². The third kappa shape index (κ3) is 2.95. The van der Waals surface area contributed by atoms with Gasteiger partial charge in [0.1, 0.15) is 5.58 Å². The minimum atomic E-state index is -1.64. The number of rotatable bonds is 4. The molecule has 1 spiro atoms. The Balaban J connectivity index is 1.67. The highest BCUT2D eigenvalue weighted by atomic mass is 35.5. The van der Waals surface area contributed by atoms with E-state index in [2.05, 4.69) is 0 Å². The van der Waals surface area contributed by atoms with Gasteiger partial charge in [-0.2, -0.15) is 0 Å². The largest absolute Gasteiger partial charge is 0.450 e. The lowest BCUT2D eigenvalue weighted by Crippen LogP contribution is -2.53. The van der Waals surface area contributed by atoms with Crippen molar-refractivity contribution in [1.82, 2.24) is 4.90 Å². The number of amides is 2. The number of carbonyl (C=O) groups is 2. The first kappa shape index (κ1) is 22.8. The van der Waals surface area contributed by atoms with Gasteiger partial charge in [0.2, 0.25) is 5.76 Å². The molecule has 0 fully saturated rings. The van der Waals surface area contributed by atoms with E-state index in [0.717, 1.165) is 5.56 Å². The predicted octanol–water partition coefficient (Wildman–Crippen LogP) is 5.76. The number of hydrogen-bond donors (Lipinski definition) is 0. The molecule has 0 bridgehead atoms. The van der Waals surface area contributed by atoms with E-state index in [1.165, 1.54) is 11.0 Å². The minimum absolute atomic E-state index is 0.0369. The maximum atomic E-state index is 14.5. The summed E-state index contributed by atoms with van der Waals surface area (Å²) in [7, 11) is 0. The van der Waals surface area contributed by atoms with Gasteiger partial charge in [0, 0.05) is 22.2 Å². The summed E-state index contributed by atoms with van der Waals surface area (Å²) in [5.41, 5.74) is 0.140. The lowest BCUT2D eigenvalue weighted by molar-refractivity contribution is -0.126. The molecule has 0 aliphatic carbocycles. The van der Waals surface area contributed by atoms with Crippen molar-refractivity contribution in [3.8, 4) is 0 Å². The molecule has 2 aliphatic heterocycles. The van der Waals surface area contributed by atoms with Crippen molar-refractivity contribution < 1.29 is 14.0 Å². The monoisotopic (exact) mass is 518 g/mol. The third-order valence-electron chi connectivity index (χ3n) is 6.93. The maximum Gasteiger partial charge on any atom is 0.291 e. The van der Waals surface area contributed by atoms with Crippen molar-refractivity contribution in [3.63, 3.8) is 0 Å². The van der Waals surface area contributed by atoms with E-state index >= 15 is 0 Å². The highest BCUT2D eigenvalue weighted by Crippen LogP contribution is 2.53. The van der Waals surface area contributed by atoms with E-state index in [1.54, 1.807) is 35.2 Å². The molecule has 2 amide bonds. The van der Waals surface area contributed by atoms with Crippen LogP contribution in [0.15, 0.2) is 75.9 Å². The molecule has 1 aromatic heterocycles. The van der Waals surface area contributed by atoms with E-state index in [0.29, 0.717) is 27.7 Å². The second-order valence-corrected chi connectivity index (χ2v) is 9.79. The van der Waals surface area contributed by atoms with Gasteiger partial charge in [-0.25, -0.2) is 0 Å². The van der Waals surface area contributed by atoms with E-state index in [9.17, 15) is 14.4 Å². The summed E-state index contributed by atoms with van der Waals surface area (Å²) >= 11 is 12.6. The molecule has 3 aromatic carbocycles. The zero-order valence-electron chi connectivity index (χ0n) is 19.3. The number of hydrogen-bond acceptors (Lipinski definition) is 4. The predicted molar refractivity (Wildman–Crippen MR) is 139 cm³/mol. The Morgan fingerprint density at radius 3 is 2.47 bits per heavy atom. The summed E-state index contributed by atoms with van der Waals surface area (Å²) in [6.45, 7) is 2.37. The van der Waals surface area contributed by atoms with E-state index in [-0.39, 0.29) is 35.4 Å². The second-order valence-electron chi connectivity index (χ2n) is 8.94. The first-order chi connectivity index (χ1) is 17.4. The molecule has 4 aromatic rings.